The Morgan fingerprint density at radius 2 is 1.62 bits per heavy atom. The van der Waals surface area contributed by atoms with Gasteiger partial charge in [-0.15, -0.1) is 0 Å². The van der Waals surface area contributed by atoms with E-state index in [0.717, 1.165) is 57.8 Å². The van der Waals surface area contributed by atoms with Crippen molar-refractivity contribution in [2.24, 2.45) is 50.2 Å². The number of rotatable bonds is 2. The van der Waals surface area contributed by atoms with Gasteiger partial charge in [-0.2, -0.15) is 0 Å². The van der Waals surface area contributed by atoms with Gasteiger partial charge >= 0.3 is 0 Å². The van der Waals surface area contributed by atoms with E-state index in [1.807, 2.05) is 0 Å². The highest BCUT2D eigenvalue weighted by Gasteiger charge is 2.70. The molecule has 1 amide bonds. The number of nitrogens with zero attached hydrogens (tertiary/aromatic N) is 1. The van der Waals surface area contributed by atoms with Gasteiger partial charge in [0.2, 0.25) is 0 Å². The quantitative estimate of drug-likeness (QED) is 0.437. The molecule has 5 nitrogen and oxygen atoms in total. The third-order valence-electron chi connectivity index (χ3n) is 13.6. The fourth-order valence-electron chi connectivity index (χ4n) is 10.8. The summed E-state index contributed by atoms with van der Waals surface area (Å²) in [6, 6.07) is 0. The van der Waals surface area contributed by atoms with Gasteiger partial charge in [0.25, 0.3) is 5.91 Å². The first kappa shape index (κ1) is 27.4. The van der Waals surface area contributed by atoms with Gasteiger partial charge < -0.3 is 5.11 Å². The minimum atomic E-state index is -0.484. The molecule has 208 valence electrons. The average molecular weight is 514 g/mol. The van der Waals surface area contributed by atoms with Gasteiger partial charge in [-0.1, -0.05) is 54.0 Å². The van der Waals surface area contributed by atoms with Crippen molar-refractivity contribution in [1.82, 2.24) is 5.06 Å². The lowest BCUT2D eigenvalue weighted by Crippen LogP contribution is -2.66. The summed E-state index contributed by atoms with van der Waals surface area (Å²) in [6.45, 7) is 16.2. The maximum absolute atomic E-state index is 14.4. The number of allylic oxidation sites excluding steroid dienone is 2. The summed E-state index contributed by atoms with van der Waals surface area (Å²) in [6.07, 6.45) is 10.5. The summed E-state index contributed by atoms with van der Waals surface area (Å²) in [7, 11) is 3.26. The standard InChI is InChI=1S/C32H51NO4/c1-27(2)23-10-13-32(7)25(30(23,5)12-11-24(27)35)22(34)18-20-21-19-29(4,26(36)33(8)37-9)15-14-28(21,3)16-17-31(20,32)6/h18,21,23-25,35H,10-17,19H2,1-9H3. The molecule has 0 radical (unpaired) electrons. The van der Waals surface area contributed by atoms with Crippen LogP contribution in [-0.2, 0) is 14.4 Å². The van der Waals surface area contributed by atoms with Gasteiger partial charge in [-0.25, -0.2) is 5.06 Å². The Balaban J connectivity index is 1.59. The van der Waals surface area contributed by atoms with Crippen LogP contribution >= 0.6 is 0 Å². The van der Waals surface area contributed by atoms with Crippen LogP contribution in [0.5, 0.6) is 0 Å². The number of hydroxylamine groups is 2. The molecule has 0 aliphatic heterocycles. The number of hydrogen-bond acceptors (Lipinski definition) is 4. The predicted molar refractivity (Wildman–Crippen MR) is 145 cm³/mol. The van der Waals surface area contributed by atoms with E-state index >= 15 is 0 Å². The second kappa shape index (κ2) is 8.16. The number of aliphatic hydroxyl groups is 1. The van der Waals surface area contributed by atoms with E-state index < -0.39 is 5.41 Å². The summed E-state index contributed by atoms with van der Waals surface area (Å²) in [5.74, 6) is 0.924. The predicted octanol–water partition coefficient (Wildman–Crippen LogP) is 6.35. The minimum absolute atomic E-state index is 0.0140. The molecule has 4 fully saturated rings. The highest BCUT2D eigenvalue weighted by Crippen LogP contribution is 2.75. The maximum Gasteiger partial charge on any atom is 0.251 e. The first-order valence-electron chi connectivity index (χ1n) is 14.8. The third kappa shape index (κ3) is 3.41. The molecule has 5 aliphatic carbocycles. The van der Waals surface area contributed by atoms with Crippen LogP contribution in [0.2, 0.25) is 0 Å². The molecule has 0 aromatic heterocycles. The molecule has 0 spiro atoms. The Bertz CT molecular complexity index is 1030. The van der Waals surface area contributed by atoms with Crippen molar-refractivity contribution >= 4 is 11.7 Å². The number of ketones is 1. The number of amides is 1. The third-order valence-corrected chi connectivity index (χ3v) is 13.6. The molecule has 0 saturated heterocycles. The van der Waals surface area contributed by atoms with Gasteiger partial charge in [0.1, 0.15) is 0 Å². The zero-order valence-corrected chi connectivity index (χ0v) is 24.9. The van der Waals surface area contributed by atoms with Crippen molar-refractivity contribution in [2.75, 3.05) is 14.2 Å². The first-order valence-corrected chi connectivity index (χ1v) is 14.8. The number of aliphatic hydroxyl groups excluding tert-OH is 1. The van der Waals surface area contributed by atoms with Crippen LogP contribution in [0.15, 0.2) is 11.6 Å². The van der Waals surface area contributed by atoms with Gasteiger partial charge in [0.05, 0.1) is 13.2 Å². The number of hydrogen-bond donors (Lipinski definition) is 1. The lowest BCUT2D eigenvalue weighted by Gasteiger charge is -2.70. The molecule has 9 atom stereocenters. The minimum Gasteiger partial charge on any atom is -0.393 e. The van der Waals surface area contributed by atoms with Crippen molar-refractivity contribution in [3.05, 3.63) is 11.6 Å². The molecule has 0 bridgehead atoms. The lowest BCUT2D eigenvalue weighted by atomic mass is 9.33. The van der Waals surface area contributed by atoms with Gasteiger partial charge in [-0.05, 0) is 103 Å². The van der Waals surface area contributed by atoms with Crippen LogP contribution in [-0.4, -0.2) is 42.1 Å². The second-order valence-electron chi connectivity index (χ2n) is 15.6. The zero-order chi connectivity index (χ0) is 27.4. The van der Waals surface area contributed by atoms with Crippen LogP contribution in [0.25, 0.3) is 0 Å². The molecule has 5 rings (SSSR count). The Kier molecular flexibility index (Phi) is 6.04. The molecule has 0 aromatic rings. The fraction of sp³-hybridized carbons (Fsp3) is 0.875. The molecule has 5 heteroatoms. The van der Waals surface area contributed by atoms with Gasteiger partial charge in [-0.3, -0.25) is 14.4 Å². The molecule has 5 aliphatic rings. The van der Waals surface area contributed by atoms with Crippen molar-refractivity contribution in [3.8, 4) is 0 Å². The van der Waals surface area contributed by atoms with Crippen molar-refractivity contribution in [3.63, 3.8) is 0 Å². The van der Waals surface area contributed by atoms with Crippen molar-refractivity contribution < 1.29 is 19.5 Å². The number of carbonyl (C=O) groups is 2. The fourth-order valence-corrected chi connectivity index (χ4v) is 10.8. The molecule has 0 heterocycles. The van der Waals surface area contributed by atoms with Crippen molar-refractivity contribution in [1.29, 1.82) is 0 Å². The number of carbonyl (C=O) groups excluding carboxylic acids is 2. The van der Waals surface area contributed by atoms with E-state index in [0.29, 0.717) is 11.7 Å². The topological polar surface area (TPSA) is 66.8 Å². The summed E-state index contributed by atoms with van der Waals surface area (Å²) in [5.41, 5.74) is 0.528. The highest BCUT2D eigenvalue weighted by molar-refractivity contribution is 5.95. The van der Waals surface area contributed by atoms with E-state index in [9.17, 15) is 14.7 Å². The Labute approximate surface area is 224 Å². The van der Waals surface area contributed by atoms with Gasteiger partial charge in [0, 0.05) is 18.4 Å². The molecule has 37 heavy (non-hydrogen) atoms. The van der Waals surface area contributed by atoms with Crippen LogP contribution in [0, 0.1) is 50.2 Å². The lowest BCUT2D eigenvalue weighted by molar-refractivity contribution is -0.203. The summed E-state index contributed by atoms with van der Waals surface area (Å²) >= 11 is 0. The summed E-state index contributed by atoms with van der Waals surface area (Å²) < 4.78 is 0. The molecule has 0 aromatic carbocycles. The largest absolute Gasteiger partial charge is 0.393 e. The van der Waals surface area contributed by atoms with E-state index in [2.05, 4.69) is 54.5 Å². The van der Waals surface area contributed by atoms with Crippen LogP contribution in [0.1, 0.15) is 106 Å². The Hall–Kier alpha value is -1.20. The first-order chi connectivity index (χ1) is 17.0. The maximum atomic E-state index is 14.4. The SMILES string of the molecule is CON(C)C(=O)C1(C)CCC2(C)CCC3(C)C(=CC(=O)C4C5(C)CCC(O)C(C)(C)C5CCC43C)C2C1. The molecular formula is C32H51NO4. The van der Waals surface area contributed by atoms with Crippen LogP contribution < -0.4 is 0 Å². The molecule has 4 saturated carbocycles. The highest BCUT2D eigenvalue weighted by atomic mass is 16.7. The van der Waals surface area contributed by atoms with E-state index in [1.54, 1.807) is 14.2 Å². The normalized spacial score (nSPS) is 50.6. The molecule has 1 N–H and O–H groups in total. The van der Waals surface area contributed by atoms with Crippen LogP contribution in [0.3, 0.4) is 0 Å². The van der Waals surface area contributed by atoms with Gasteiger partial charge in [0.15, 0.2) is 5.78 Å². The Morgan fingerprint density at radius 1 is 0.973 bits per heavy atom. The van der Waals surface area contributed by atoms with E-state index in [4.69, 9.17) is 4.84 Å². The molecule has 9 unspecified atom stereocenters. The van der Waals surface area contributed by atoms with Crippen molar-refractivity contribution in [2.45, 2.75) is 112 Å². The van der Waals surface area contributed by atoms with E-state index in [-0.39, 0.29) is 50.9 Å². The second-order valence-corrected chi connectivity index (χ2v) is 15.6. The smallest absolute Gasteiger partial charge is 0.251 e. The molecular weight excluding hydrogens is 462 g/mol. The summed E-state index contributed by atoms with van der Waals surface area (Å²) in [4.78, 5) is 33.1. The van der Waals surface area contributed by atoms with E-state index in [1.165, 1.54) is 10.6 Å². The zero-order valence-electron chi connectivity index (χ0n) is 24.9. The van der Waals surface area contributed by atoms with Crippen LogP contribution in [0.4, 0.5) is 0 Å². The average Bonchev–Trinajstić information content (AvgIpc) is 2.83. The Morgan fingerprint density at radius 3 is 2.27 bits per heavy atom. The monoisotopic (exact) mass is 513 g/mol. The summed E-state index contributed by atoms with van der Waals surface area (Å²) in [5, 5.41) is 12.3. The number of fused-ring (bicyclic) bond motifs is 7.